The van der Waals surface area contributed by atoms with Crippen LogP contribution in [0, 0.1) is 19.7 Å². The van der Waals surface area contributed by atoms with E-state index >= 15 is 0 Å². The second-order valence-corrected chi connectivity index (χ2v) is 10.2. The highest BCUT2D eigenvalue weighted by Crippen LogP contribution is 2.28. The first-order valence-electron chi connectivity index (χ1n) is 13.3. The molecule has 5 aromatic rings. The van der Waals surface area contributed by atoms with Crippen LogP contribution in [0.2, 0.25) is 0 Å². The fraction of sp³-hybridized carbons (Fsp3) is 0.290. The third-order valence-electron chi connectivity index (χ3n) is 7.24. The SMILES string of the molecule is CC[C@@H](c1nnnn1Cc1ccc(OC)cc1)N(Cc1ccc(F)cc1)Cc1cc2c(C)cc(C)cc2[nH]c1=O. The maximum absolute atomic E-state index is 13.7. The Hall–Kier alpha value is -4.37. The Balaban J connectivity index is 1.52. The van der Waals surface area contributed by atoms with Crippen LogP contribution < -0.4 is 10.3 Å². The molecule has 0 radical (unpaired) electrons. The summed E-state index contributed by atoms with van der Waals surface area (Å²) in [7, 11) is 1.64. The highest BCUT2D eigenvalue weighted by atomic mass is 19.1. The van der Waals surface area contributed by atoms with Gasteiger partial charge in [0.05, 0.1) is 19.7 Å². The van der Waals surface area contributed by atoms with Crippen LogP contribution in [0.1, 0.15) is 53.0 Å². The lowest BCUT2D eigenvalue weighted by molar-refractivity contribution is 0.161. The molecule has 0 saturated heterocycles. The largest absolute Gasteiger partial charge is 0.497 e. The number of ether oxygens (including phenoxy) is 1. The second kappa shape index (κ2) is 11.8. The van der Waals surface area contributed by atoms with Crippen molar-refractivity contribution in [3.8, 4) is 5.75 Å². The van der Waals surface area contributed by atoms with Crippen molar-refractivity contribution in [1.82, 2.24) is 30.1 Å². The van der Waals surface area contributed by atoms with Crippen molar-refractivity contribution in [3.05, 3.63) is 117 Å². The molecule has 0 amide bonds. The number of hydrogen-bond donors (Lipinski definition) is 1. The van der Waals surface area contributed by atoms with Crippen LogP contribution in [-0.4, -0.2) is 37.2 Å². The number of tetrazole rings is 1. The predicted molar refractivity (Wildman–Crippen MR) is 153 cm³/mol. The molecule has 40 heavy (non-hydrogen) atoms. The normalized spacial score (nSPS) is 12.2. The van der Waals surface area contributed by atoms with E-state index in [1.54, 1.807) is 23.9 Å². The van der Waals surface area contributed by atoms with Crippen molar-refractivity contribution >= 4 is 10.9 Å². The summed E-state index contributed by atoms with van der Waals surface area (Å²) in [6, 6.07) is 20.1. The van der Waals surface area contributed by atoms with E-state index in [4.69, 9.17) is 4.74 Å². The molecule has 0 bridgehead atoms. The Morgan fingerprint density at radius 1 is 1.00 bits per heavy atom. The third kappa shape index (κ3) is 5.94. The average Bonchev–Trinajstić information content (AvgIpc) is 3.39. The Morgan fingerprint density at radius 3 is 2.42 bits per heavy atom. The summed E-state index contributed by atoms with van der Waals surface area (Å²) in [5.41, 5.74) is 5.51. The zero-order chi connectivity index (χ0) is 28.2. The molecule has 206 valence electrons. The maximum Gasteiger partial charge on any atom is 0.252 e. The molecule has 0 unspecified atom stereocenters. The number of H-pyrrole nitrogens is 1. The van der Waals surface area contributed by atoms with Gasteiger partial charge < -0.3 is 9.72 Å². The quantitative estimate of drug-likeness (QED) is 0.252. The molecule has 8 nitrogen and oxygen atoms in total. The molecule has 1 atom stereocenters. The molecule has 0 spiro atoms. The molecule has 0 aliphatic rings. The first kappa shape index (κ1) is 27.2. The predicted octanol–water partition coefficient (Wildman–Crippen LogP) is 5.48. The van der Waals surface area contributed by atoms with Gasteiger partial charge in [0.25, 0.3) is 5.56 Å². The Labute approximate surface area is 232 Å². The number of methoxy groups -OCH3 is 1. The number of benzene rings is 3. The molecular formula is C31H33FN6O2. The van der Waals surface area contributed by atoms with E-state index in [1.165, 1.54) is 12.1 Å². The molecule has 5 rings (SSSR count). The van der Waals surface area contributed by atoms with Crippen LogP contribution in [0.3, 0.4) is 0 Å². The van der Waals surface area contributed by atoms with E-state index in [1.807, 2.05) is 43.3 Å². The van der Waals surface area contributed by atoms with Gasteiger partial charge in [0.15, 0.2) is 5.82 Å². The summed E-state index contributed by atoms with van der Waals surface area (Å²) >= 11 is 0. The molecule has 3 aromatic carbocycles. The van der Waals surface area contributed by atoms with Crippen molar-refractivity contribution in [2.45, 2.75) is 52.9 Å². The lowest BCUT2D eigenvalue weighted by Crippen LogP contribution is -2.32. The fourth-order valence-corrected chi connectivity index (χ4v) is 5.22. The van der Waals surface area contributed by atoms with Gasteiger partial charge in [0.1, 0.15) is 11.6 Å². The maximum atomic E-state index is 13.7. The Bertz CT molecular complexity index is 1660. The van der Waals surface area contributed by atoms with Crippen LogP contribution in [0.25, 0.3) is 10.9 Å². The first-order valence-corrected chi connectivity index (χ1v) is 13.3. The van der Waals surface area contributed by atoms with Gasteiger partial charge >= 0.3 is 0 Å². The van der Waals surface area contributed by atoms with Crippen molar-refractivity contribution in [3.63, 3.8) is 0 Å². The monoisotopic (exact) mass is 540 g/mol. The lowest BCUT2D eigenvalue weighted by atomic mass is 10.0. The van der Waals surface area contributed by atoms with Crippen molar-refractivity contribution < 1.29 is 9.13 Å². The first-order chi connectivity index (χ1) is 19.3. The number of aromatic amines is 1. The van der Waals surface area contributed by atoms with Crippen LogP contribution in [0.15, 0.2) is 71.5 Å². The number of nitrogens with one attached hydrogen (secondary N) is 1. The number of rotatable bonds is 10. The minimum atomic E-state index is -0.289. The van der Waals surface area contributed by atoms with Gasteiger partial charge in [0, 0.05) is 29.6 Å². The summed E-state index contributed by atoms with van der Waals surface area (Å²) < 4.78 is 20.8. The van der Waals surface area contributed by atoms with E-state index in [-0.39, 0.29) is 17.4 Å². The van der Waals surface area contributed by atoms with Crippen LogP contribution in [0.4, 0.5) is 4.39 Å². The van der Waals surface area contributed by atoms with Gasteiger partial charge in [-0.25, -0.2) is 9.07 Å². The highest BCUT2D eigenvalue weighted by molar-refractivity contribution is 5.83. The Kier molecular flexibility index (Phi) is 8.02. The van der Waals surface area contributed by atoms with Crippen LogP contribution in [0.5, 0.6) is 5.75 Å². The molecule has 2 aromatic heterocycles. The van der Waals surface area contributed by atoms with Gasteiger partial charge in [0.2, 0.25) is 0 Å². The van der Waals surface area contributed by atoms with Gasteiger partial charge in [-0.3, -0.25) is 9.69 Å². The van der Waals surface area contributed by atoms with Crippen molar-refractivity contribution in [2.75, 3.05) is 7.11 Å². The number of hydrogen-bond acceptors (Lipinski definition) is 6. The van der Waals surface area contributed by atoms with Gasteiger partial charge in [-0.1, -0.05) is 37.3 Å². The molecule has 1 N–H and O–H groups in total. The number of fused-ring (bicyclic) bond motifs is 1. The minimum absolute atomic E-state index is 0.130. The average molecular weight is 541 g/mol. The summed E-state index contributed by atoms with van der Waals surface area (Å²) in [5.74, 6) is 1.19. The van der Waals surface area contributed by atoms with Crippen molar-refractivity contribution in [2.24, 2.45) is 0 Å². The molecule has 0 fully saturated rings. The number of pyridine rings is 1. The third-order valence-corrected chi connectivity index (χ3v) is 7.24. The van der Waals surface area contributed by atoms with Gasteiger partial charge in [-0.2, -0.15) is 0 Å². The van der Waals surface area contributed by atoms with Crippen molar-refractivity contribution in [1.29, 1.82) is 0 Å². The fourth-order valence-electron chi connectivity index (χ4n) is 5.22. The number of aryl methyl sites for hydroxylation is 2. The minimum Gasteiger partial charge on any atom is -0.497 e. The highest BCUT2D eigenvalue weighted by Gasteiger charge is 2.26. The smallest absolute Gasteiger partial charge is 0.252 e. The van der Waals surface area contributed by atoms with E-state index in [9.17, 15) is 9.18 Å². The van der Waals surface area contributed by atoms with Crippen LogP contribution >= 0.6 is 0 Å². The summed E-state index contributed by atoms with van der Waals surface area (Å²) in [6.45, 7) is 7.48. The summed E-state index contributed by atoms with van der Waals surface area (Å²) in [4.78, 5) is 18.5. The Morgan fingerprint density at radius 2 is 1.73 bits per heavy atom. The van der Waals surface area contributed by atoms with E-state index in [0.717, 1.165) is 38.9 Å². The number of nitrogens with zero attached hydrogens (tertiary/aromatic N) is 5. The zero-order valence-electron chi connectivity index (χ0n) is 23.2. The summed E-state index contributed by atoms with van der Waals surface area (Å²) in [6.07, 6.45) is 0.702. The molecule has 0 aliphatic carbocycles. The zero-order valence-corrected chi connectivity index (χ0v) is 23.2. The molecule has 0 aliphatic heterocycles. The molecule has 0 saturated carbocycles. The van der Waals surface area contributed by atoms with Gasteiger partial charge in [-0.05, 0) is 89.3 Å². The number of aromatic nitrogens is 5. The topological polar surface area (TPSA) is 88.9 Å². The molecule has 9 heteroatoms. The second-order valence-electron chi connectivity index (χ2n) is 10.2. The standard InChI is InChI=1S/C31H33FN6O2/c1-5-29(30-34-35-36-38(30)18-23-8-12-26(40-4)13-9-23)37(17-22-6-10-25(32)11-7-22)19-24-16-27-21(3)14-20(2)15-28(27)33-31(24)39/h6-16,29H,5,17-19H2,1-4H3,(H,33,39)/t29-/m0/s1. The summed E-state index contributed by atoms with van der Waals surface area (Å²) in [5, 5.41) is 13.7. The van der Waals surface area contributed by atoms with E-state index in [2.05, 4.69) is 45.3 Å². The lowest BCUT2D eigenvalue weighted by Gasteiger charge is -2.30. The molecular weight excluding hydrogens is 507 g/mol. The van der Waals surface area contributed by atoms with E-state index < -0.39 is 0 Å². The van der Waals surface area contributed by atoms with Gasteiger partial charge in [-0.15, -0.1) is 5.10 Å². The number of halogens is 1. The molecule has 2 heterocycles. The van der Waals surface area contributed by atoms with E-state index in [0.29, 0.717) is 37.4 Å². The van der Waals surface area contributed by atoms with Crippen LogP contribution in [-0.2, 0) is 19.6 Å².